The van der Waals surface area contributed by atoms with E-state index in [2.05, 4.69) is 18.2 Å². The molecule has 28 heavy (non-hydrogen) atoms. The van der Waals surface area contributed by atoms with Gasteiger partial charge in [-0.25, -0.2) is 4.98 Å². The lowest BCUT2D eigenvalue weighted by atomic mass is 10.1. The van der Waals surface area contributed by atoms with Crippen LogP contribution in [0.5, 0.6) is 0 Å². The molecule has 2 atom stereocenters. The lowest BCUT2D eigenvalue weighted by molar-refractivity contribution is -0.119. The van der Waals surface area contributed by atoms with Gasteiger partial charge in [-0.15, -0.1) is 0 Å². The van der Waals surface area contributed by atoms with Crippen molar-refractivity contribution in [3.8, 4) is 0 Å². The Morgan fingerprint density at radius 1 is 1.14 bits per heavy atom. The Bertz CT molecular complexity index is 1060. The molecule has 1 fully saturated rings. The summed E-state index contributed by atoms with van der Waals surface area (Å²) in [5.41, 5.74) is 5.03. The van der Waals surface area contributed by atoms with Crippen LogP contribution in [0.1, 0.15) is 49.2 Å². The van der Waals surface area contributed by atoms with Crippen molar-refractivity contribution in [2.45, 2.75) is 46.1 Å². The molecule has 0 bridgehead atoms. The molecule has 2 unspecified atom stereocenters. The largest absolute Gasteiger partial charge is 0.317 e. The second-order valence-electron chi connectivity index (χ2n) is 7.87. The van der Waals surface area contributed by atoms with Crippen molar-refractivity contribution in [2.75, 3.05) is 11.4 Å². The van der Waals surface area contributed by atoms with Gasteiger partial charge in [0, 0.05) is 24.6 Å². The third kappa shape index (κ3) is 3.11. The highest BCUT2D eigenvalue weighted by atomic mass is 16.2. The summed E-state index contributed by atoms with van der Waals surface area (Å²) >= 11 is 0. The van der Waals surface area contributed by atoms with Gasteiger partial charge in [0.25, 0.3) is 0 Å². The van der Waals surface area contributed by atoms with Crippen molar-refractivity contribution in [1.82, 2.24) is 9.55 Å². The number of ketones is 1. The van der Waals surface area contributed by atoms with Crippen molar-refractivity contribution in [3.05, 3.63) is 59.4 Å². The van der Waals surface area contributed by atoms with Crippen molar-refractivity contribution >= 4 is 28.4 Å². The number of fused-ring (bicyclic) bond motifs is 1. The number of carbonyl (C=O) groups excluding carboxylic acids is 2. The molecule has 3 aromatic rings. The number of carbonyl (C=O) groups is 2. The predicted octanol–water partition coefficient (Wildman–Crippen LogP) is 4.32. The first-order valence-electron chi connectivity index (χ1n) is 9.71. The minimum Gasteiger partial charge on any atom is -0.317 e. The molecule has 0 saturated carbocycles. The highest BCUT2D eigenvalue weighted by Gasteiger charge is 2.36. The third-order valence-electron chi connectivity index (χ3n) is 5.61. The first-order chi connectivity index (χ1) is 13.3. The van der Waals surface area contributed by atoms with Crippen LogP contribution in [0.25, 0.3) is 11.0 Å². The van der Waals surface area contributed by atoms with E-state index in [1.54, 1.807) is 6.92 Å². The van der Waals surface area contributed by atoms with Crippen LogP contribution in [0, 0.1) is 13.8 Å². The van der Waals surface area contributed by atoms with Crippen LogP contribution in [0.2, 0.25) is 0 Å². The second-order valence-corrected chi connectivity index (χ2v) is 7.87. The maximum atomic E-state index is 12.8. The van der Waals surface area contributed by atoms with Gasteiger partial charge < -0.3 is 9.47 Å². The molecule has 0 spiro atoms. The summed E-state index contributed by atoms with van der Waals surface area (Å²) in [7, 11) is 0. The molecule has 4 rings (SSSR count). The number of para-hydroxylation sites is 2. The Kier molecular flexibility index (Phi) is 4.53. The molecule has 2 aromatic carbocycles. The molecule has 1 aliphatic rings. The second kappa shape index (κ2) is 6.89. The van der Waals surface area contributed by atoms with Crippen LogP contribution in [0.3, 0.4) is 0 Å². The summed E-state index contributed by atoms with van der Waals surface area (Å²) in [6, 6.07) is 13.7. The van der Waals surface area contributed by atoms with Gasteiger partial charge in [0.15, 0.2) is 5.78 Å². The van der Waals surface area contributed by atoms with Gasteiger partial charge in [0.05, 0.1) is 17.1 Å². The molecular weight excluding hydrogens is 350 g/mol. The van der Waals surface area contributed by atoms with Crippen molar-refractivity contribution in [3.63, 3.8) is 0 Å². The van der Waals surface area contributed by atoms with E-state index in [0.717, 1.165) is 33.7 Å². The number of amides is 1. The van der Waals surface area contributed by atoms with Crippen LogP contribution in [0.15, 0.2) is 42.5 Å². The number of Topliss-reactive ketones (excluding diaryl/α,β-unsaturated/α-hetero) is 1. The smallest absolute Gasteiger partial charge is 0.227 e. The molecule has 0 aliphatic carbocycles. The molecule has 1 aromatic heterocycles. The summed E-state index contributed by atoms with van der Waals surface area (Å²) in [5, 5.41) is 0. The van der Waals surface area contributed by atoms with Crippen LogP contribution >= 0.6 is 0 Å². The van der Waals surface area contributed by atoms with Gasteiger partial charge in [0.1, 0.15) is 5.82 Å². The SMILES string of the molecule is CC(=O)C(C)n1c(C2CC(=O)N(c3cc(C)cc(C)c3)C2)nc2ccccc21. The monoisotopic (exact) mass is 375 g/mol. The van der Waals surface area contributed by atoms with E-state index in [1.165, 1.54) is 0 Å². The zero-order valence-electron chi connectivity index (χ0n) is 16.8. The van der Waals surface area contributed by atoms with E-state index in [0.29, 0.717) is 13.0 Å². The van der Waals surface area contributed by atoms with E-state index >= 15 is 0 Å². The molecule has 0 radical (unpaired) electrons. The van der Waals surface area contributed by atoms with Gasteiger partial charge in [-0.05, 0) is 63.1 Å². The highest BCUT2D eigenvalue weighted by molar-refractivity contribution is 5.96. The van der Waals surface area contributed by atoms with E-state index in [4.69, 9.17) is 4.98 Å². The maximum absolute atomic E-state index is 12.8. The number of imidazole rings is 1. The standard InChI is InChI=1S/C23H25N3O2/c1-14-9-15(2)11-19(10-14)25-13-18(12-22(25)28)23-24-20-7-5-6-8-21(20)26(23)16(3)17(4)27/h5-11,16,18H,12-13H2,1-4H3. The normalized spacial score (nSPS) is 18.1. The lowest BCUT2D eigenvalue weighted by Gasteiger charge is -2.20. The topological polar surface area (TPSA) is 55.2 Å². The van der Waals surface area contributed by atoms with Gasteiger partial charge in [-0.1, -0.05) is 18.2 Å². The fraction of sp³-hybridized carbons (Fsp3) is 0.348. The molecule has 2 heterocycles. The zero-order chi connectivity index (χ0) is 20.0. The quantitative estimate of drug-likeness (QED) is 0.682. The fourth-order valence-corrected chi connectivity index (χ4v) is 4.18. The molecule has 5 nitrogen and oxygen atoms in total. The molecule has 1 amide bonds. The summed E-state index contributed by atoms with van der Waals surface area (Å²) in [4.78, 5) is 31.7. The third-order valence-corrected chi connectivity index (χ3v) is 5.61. The number of nitrogens with zero attached hydrogens (tertiary/aromatic N) is 3. The molecule has 0 N–H and O–H groups in total. The van der Waals surface area contributed by atoms with Gasteiger partial charge in [-0.3, -0.25) is 9.59 Å². The molecule has 144 valence electrons. The van der Waals surface area contributed by atoms with Gasteiger partial charge in [-0.2, -0.15) is 0 Å². The first-order valence-corrected chi connectivity index (χ1v) is 9.71. The Hall–Kier alpha value is -2.95. The summed E-state index contributed by atoms with van der Waals surface area (Å²) < 4.78 is 2.01. The fourth-order valence-electron chi connectivity index (χ4n) is 4.18. The number of aryl methyl sites for hydroxylation is 2. The predicted molar refractivity (Wildman–Crippen MR) is 111 cm³/mol. The number of anilines is 1. The van der Waals surface area contributed by atoms with E-state index in [1.807, 2.05) is 54.5 Å². The number of aromatic nitrogens is 2. The van der Waals surface area contributed by atoms with Crippen LogP contribution < -0.4 is 4.90 Å². The minimum absolute atomic E-state index is 0.0393. The van der Waals surface area contributed by atoms with Gasteiger partial charge in [0.2, 0.25) is 5.91 Å². The van der Waals surface area contributed by atoms with Crippen LogP contribution in [0.4, 0.5) is 5.69 Å². The number of benzene rings is 2. The minimum atomic E-state index is -0.312. The molecular formula is C23H25N3O2. The highest BCUT2D eigenvalue weighted by Crippen LogP contribution is 2.35. The Labute approximate surface area is 165 Å². The van der Waals surface area contributed by atoms with E-state index in [9.17, 15) is 9.59 Å². The number of rotatable bonds is 4. The lowest BCUT2D eigenvalue weighted by Crippen LogP contribution is -2.25. The van der Waals surface area contributed by atoms with Crippen molar-refractivity contribution in [1.29, 1.82) is 0 Å². The summed E-state index contributed by atoms with van der Waals surface area (Å²) in [5.74, 6) is 0.968. The molecule has 5 heteroatoms. The van der Waals surface area contributed by atoms with Crippen LogP contribution in [-0.4, -0.2) is 27.8 Å². The average Bonchev–Trinajstić information content (AvgIpc) is 3.20. The summed E-state index contributed by atoms with van der Waals surface area (Å²) in [6.07, 6.45) is 0.404. The van der Waals surface area contributed by atoms with E-state index in [-0.39, 0.29) is 23.7 Å². The Morgan fingerprint density at radius 3 is 2.50 bits per heavy atom. The number of hydrogen-bond donors (Lipinski definition) is 0. The Morgan fingerprint density at radius 2 is 1.82 bits per heavy atom. The molecule has 1 saturated heterocycles. The van der Waals surface area contributed by atoms with Crippen molar-refractivity contribution in [2.24, 2.45) is 0 Å². The van der Waals surface area contributed by atoms with E-state index < -0.39 is 0 Å². The number of hydrogen-bond acceptors (Lipinski definition) is 3. The maximum Gasteiger partial charge on any atom is 0.227 e. The van der Waals surface area contributed by atoms with Crippen LogP contribution in [-0.2, 0) is 9.59 Å². The average molecular weight is 375 g/mol. The van der Waals surface area contributed by atoms with Gasteiger partial charge >= 0.3 is 0 Å². The van der Waals surface area contributed by atoms with Crippen molar-refractivity contribution < 1.29 is 9.59 Å². The zero-order valence-corrected chi connectivity index (χ0v) is 16.8. The first kappa shape index (κ1) is 18.4. The Balaban J connectivity index is 1.76. The molecule has 1 aliphatic heterocycles. The summed E-state index contributed by atoms with van der Waals surface area (Å²) in [6.45, 7) is 8.17.